The molecular weight excluding hydrogens is 348 g/mol. The fourth-order valence-corrected chi connectivity index (χ4v) is 4.06. The fraction of sp³-hybridized carbons (Fsp3) is 0.263. The summed E-state index contributed by atoms with van der Waals surface area (Å²) in [7, 11) is 1.61. The van der Waals surface area contributed by atoms with Gasteiger partial charge in [-0.2, -0.15) is 5.11 Å². The van der Waals surface area contributed by atoms with Gasteiger partial charge in [0, 0.05) is 23.9 Å². The van der Waals surface area contributed by atoms with Crippen LogP contribution in [0.4, 0.5) is 11.4 Å². The second-order valence-corrected chi connectivity index (χ2v) is 7.20. The van der Waals surface area contributed by atoms with Crippen LogP contribution in [-0.2, 0) is 11.3 Å². The zero-order chi connectivity index (χ0) is 18.8. The van der Waals surface area contributed by atoms with Crippen molar-refractivity contribution in [1.29, 1.82) is 5.53 Å². The van der Waals surface area contributed by atoms with Gasteiger partial charge in [-0.15, -0.1) is 11.3 Å². The standard InChI is InChI=1S/C19H20N4O2S/c1-10-5-6-14(11(2)7-10)22-18(24)17-16(23-20)15-13(9-25-4)8-12(3)21-19(15)26-17/h5-8,20H,9H2,1-4H3,(H,22,24). The monoisotopic (exact) mass is 368 g/mol. The molecule has 2 N–H and O–H groups in total. The highest BCUT2D eigenvalue weighted by Crippen LogP contribution is 2.40. The van der Waals surface area contributed by atoms with Gasteiger partial charge >= 0.3 is 0 Å². The number of anilines is 1. The van der Waals surface area contributed by atoms with E-state index in [9.17, 15) is 4.79 Å². The molecular formula is C19H20N4O2S. The number of benzene rings is 1. The van der Waals surface area contributed by atoms with Crippen LogP contribution in [0.1, 0.15) is 32.1 Å². The lowest BCUT2D eigenvalue weighted by Gasteiger charge is -2.08. The molecule has 0 bridgehead atoms. The van der Waals surface area contributed by atoms with Gasteiger partial charge in [0.1, 0.15) is 15.4 Å². The van der Waals surface area contributed by atoms with E-state index < -0.39 is 0 Å². The number of amides is 1. The van der Waals surface area contributed by atoms with Gasteiger partial charge in [-0.1, -0.05) is 17.7 Å². The summed E-state index contributed by atoms with van der Waals surface area (Å²) in [6, 6.07) is 7.74. The predicted molar refractivity (Wildman–Crippen MR) is 104 cm³/mol. The number of rotatable bonds is 5. The van der Waals surface area contributed by atoms with Crippen LogP contribution < -0.4 is 5.32 Å². The first-order valence-electron chi connectivity index (χ1n) is 8.12. The van der Waals surface area contributed by atoms with E-state index in [0.29, 0.717) is 27.4 Å². The maximum atomic E-state index is 12.9. The Morgan fingerprint density at radius 2 is 2.08 bits per heavy atom. The van der Waals surface area contributed by atoms with Crippen molar-refractivity contribution < 1.29 is 9.53 Å². The highest BCUT2D eigenvalue weighted by molar-refractivity contribution is 7.21. The Morgan fingerprint density at radius 1 is 1.31 bits per heavy atom. The van der Waals surface area contributed by atoms with Crippen molar-refractivity contribution in [1.82, 2.24) is 4.98 Å². The van der Waals surface area contributed by atoms with Crippen molar-refractivity contribution in [3.63, 3.8) is 0 Å². The van der Waals surface area contributed by atoms with Crippen molar-refractivity contribution in [2.75, 3.05) is 12.4 Å². The number of thiophene rings is 1. The molecule has 0 radical (unpaired) electrons. The van der Waals surface area contributed by atoms with E-state index in [0.717, 1.165) is 28.1 Å². The van der Waals surface area contributed by atoms with Gasteiger partial charge in [0.25, 0.3) is 5.91 Å². The molecule has 1 amide bonds. The molecule has 0 aliphatic rings. The molecule has 0 aliphatic carbocycles. The van der Waals surface area contributed by atoms with E-state index in [1.54, 1.807) is 7.11 Å². The second kappa shape index (κ2) is 7.31. The summed E-state index contributed by atoms with van der Waals surface area (Å²) < 4.78 is 5.26. The molecule has 3 rings (SSSR count). The zero-order valence-corrected chi connectivity index (χ0v) is 16.0. The Bertz CT molecular complexity index is 1010. The number of carbonyl (C=O) groups excluding carboxylic acids is 1. The Balaban J connectivity index is 2.08. The van der Waals surface area contributed by atoms with E-state index >= 15 is 0 Å². The van der Waals surface area contributed by atoms with Crippen LogP contribution in [0.25, 0.3) is 10.2 Å². The highest BCUT2D eigenvalue weighted by Gasteiger charge is 2.22. The number of hydrogen-bond donors (Lipinski definition) is 2. The first kappa shape index (κ1) is 18.2. The molecule has 0 unspecified atom stereocenters. The zero-order valence-electron chi connectivity index (χ0n) is 15.1. The molecule has 7 heteroatoms. The maximum Gasteiger partial charge on any atom is 0.268 e. The lowest BCUT2D eigenvalue weighted by molar-refractivity contribution is 0.103. The molecule has 134 valence electrons. The number of pyridine rings is 1. The second-order valence-electron chi connectivity index (χ2n) is 6.20. The summed E-state index contributed by atoms with van der Waals surface area (Å²) in [5, 5.41) is 7.27. The number of hydrogen-bond acceptors (Lipinski definition) is 6. The van der Waals surface area contributed by atoms with Crippen LogP contribution in [0.5, 0.6) is 0 Å². The molecule has 26 heavy (non-hydrogen) atoms. The summed E-state index contributed by atoms with van der Waals surface area (Å²) in [6.07, 6.45) is 0. The van der Waals surface area contributed by atoms with E-state index in [1.807, 2.05) is 45.0 Å². The number of nitrogens with zero attached hydrogens (tertiary/aromatic N) is 2. The molecule has 1 aromatic carbocycles. The average Bonchev–Trinajstić information content (AvgIpc) is 2.96. The first-order chi connectivity index (χ1) is 12.4. The van der Waals surface area contributed by atoms with Crippen LogP contribution in [0.2, 0.25) is 0 Å². The van der Waals surface area contributed by atoms with E-state index in [4.69, 9.17) is 10.3 Å². The average molecular weight is 368 g/mol. The summed E-state index contributed by atoms with van der Waals surface area (Å²) >= 11 is 1.25. The van der Waals surface area contributed by atoms with Crippen LogP contribution in [0.3, 0.4) is 0 Å². The van der Waals surface area contributed by atoms with Gasteiger partial charge in [-0.05, 0) is 44.0 Å². The molecule has 6 nitrogen and oxygen atoms in total. The van der Waals surface area contributed by atoms with E-state index in [2.05, 4.69) is 15.4 Å². The molecule has 0 spiro atoms. The minimum Gasteiger partial charge on any atom is -0.380 e. The number of aryl methyl sites for hydroxylation is 3. The van der Waals surface area contributed by atoms with E-state index in [1.165, 1.54) is 11.3 Å². The molecule has 3 aromatic rings. The van der Waals surface area contributed by atoms with E-state index in [-0.39, 0.29) is 5.91 Å². The Morgan fingerprint density at radius 3 is 2.73 bits per heavy atom. The summed E-state index contributed by atoms with van der Waals surface area (Å²) in [4.78, 5) is 18.4. The fourth-order valence-electron chi connectivity index (χ4n) is 2.96. The molecule has 0 saturated carbocycles. The summed E-state index contributed by atoms with van der Waals surface area (Å²) in [5.74, 6) is -0.285. The molecule has 2 aromatic heterocycles. The van der Waals surface area contributed by atoms with Crippen LogP contribution in [0, 0.1) is 26.3 Å². The van der Waals surface area contributed by atoms with Gasteiger partial charge < -0.3 is 10.1 Å². The Hall–Kier alpha value is -2.64. The number of carbonyl (C=O) groups is 1. The number of aromatic nitrogens is 1. The summed E-state index contributed by atoms with van der Waals surface area (Å²) in [5.41, 5.74) is 12.5. The first-order valence-corrected chi connectivity index (χ1v) is 8.94. The van der Waals surface area contributed by atoms with Crippen molar-refractivity contribution in [3.05, 3.63) is 51.5 Å². The number of fused-ring (bicyclic) bond motifs is 1. The number of ether oxygens (including phenoxy) is 1. The molecule has 0 fully saturated rings. The lowest BCUT2D eigenvalue weighted by atomic mass is 10.1. The minimum absolute atomic E-state index is 0.285. The van der Waals surface area contributed by atoms with Gasteiger partial charge in [0.05, 0.1) is 6.61 Å². The van der Waals surface area contributed by atoms with Crippen molar-refractivity contribution >= 4 is 38.8 Å². The number of nitrogens with one attached hydrogen (secondary N) is 2. The van der Waals surface area contributed by atoms with Gasteiger partial charge in [0.15, 0.2) is 0 Å². The third-order valence-electron chi connectivity index (χ3n) is 4.09. The van der Waals surface area contributed by atoms with Crippen LogP contribution >= 0.6 is 11.3 Å². The van der Waals surface area contributed by atoms with Crippen molar-refractivity contribution in [3.8, 4) is 0 Å². The van der Waals surface area contributed by atoms with Crippen LogP contribution in [-0.4, -0.2) is 18.0 Å². The van der Waals surface area contributed by atoms with Crippen molar-refractivity contribution in [2.45, 2.75) is 27.4 Å². The number of methoxy groups -OCH3 is 1. The quantitative estimate of drug-likeness (QED) is 0.600. The molecule has 2 heterocycles. The Kier molecular flexibility index (Phi) is 5.11. The Labute approximate surface area is 155 Å². The third-order valence-corrected chi connectivity index (χ3v) is 5.17. The summed E-state index contributed by atoms with van der Waals surface area (Å²) in [6.45, 7) is 6.22. The SMILES string of the molecule is COCc1cc(C)nc2sc(C(=O)Nc3ccc(C)cc3C)c(N=N)c12. The maximum absolute atomic E-state index is 12.9. The van der Waals surface area contributed by atoms with Crippen LogP contribution in [0.15, 0.2) is 29.4 Å². The molecule has 0 atom stereocenters. The predicted octanol–water partition coefficient (Wildman–Crippen LogP) is 5.28. The third kappa shape index (κ3) is 3.36. The van der Waals surface area contributed by atoms with Gasteiger partial charge in [-0.3, -0.25) is 4.79 Å². The smallest absolute Gasteiger partial charge is 0.268 e. The van der Waals surface area contributed by atoms with Gasteiger partial charge in [0.2, 0.25) is 0 Å². The van der Waals surface area contributed by atoms with Gasteiger partial charge in [-0.25, -0.2) is 10.5 Å². The topological polar surface area (TPSA) is 87.4 Å². The molecule has 0 saturated heterocycles. The lowest BCUT2D eigenvalue weighted by Crippen LogP contribution is -2.11. The largest absolute Gasteiger partial charge is 0.380 e. The highest BCUT2D eigenvalue weighted by atomic mass is 32.1. The normalized spacial score (nSPS) is 10.9. The van der Waals surface area contributed by atoms with Crippen molar-refractivity contribution in [2.24, 2.45) is 5.11 Å². The minimum atomic E-state index is -0.285. The molecule has 0 aliphatic heterocycles.